The number of amides is 1. The van der Waals surface area contributed by atoms with E-state index in [0.717, 1.165) is 0 Å². The van der Waals surface area contributed by atoms with Crippen molar-refractivity contribution in [3.8, 4) is 22.8 Å². The van der Waals surface area contributed by atoms with Gasteiger partial charge in [0.1, 0.15) is 0 Å². The van der Waals surface area contributed by atoms with E-state index in [1.54, 1.807) is 23.6 Å². The van der Waals surface area contributed by atoms with Crippen LogP contribution >= 0.6 is 11.3 Å². The second-order valence-corrected chi connectivity index (χ2v) is 6.68. The van der Waals surface area contributed by atoms with E-state index < -0.39 is 11.6 Å². The molecule has 0 bridgehead atoms. The summed E-state index contributed by atoms with van der Waals surface area (Å²) in [5.41, 5.74) is 1.15. The predicted octanol–water partition coefficient (Wildman–Crippen LogP) is 4.89. The van der Waals surface area contributed by atoms with Crippen molar-refractivity contribution in [2.24, 2.45) is 0 Å². The van der Waals surface area contributed by atoms with Crippen molar-refractivity contribution < 1.29 is 23.0 Å². The summed E-state index contributed by atoms with van der Waals surface area (Å²) < 4.78 is 37.5. The van der Waals surface area contributed by atoms with Crippen LogP contribution < -0.4 is 14.8 Å². The summed E-state index contributed by atoms with van der Waals surface area (Å²) in [6.45, 7) is 0.225. The molecule has 0 aliphatic rings. The Morgan fingerprint density at radius 3 is 2.71 bits per heavy atom. The van der Waals surface area contributed by atoms with E-state index in [9.17, 15) is 13.6 Å². The number of para-hydroxylation sites is 1. The first-order valence-corrected chi connectivity index (χ1v) is 9.41. The number of carbonyl (C=O) groups excluding carboxylic acids is 1. The summed E-state index contributed by atoms with van der Waals surface area (Å²) in [6, 6.07) is 10.7. The van der Waals surface area contributed by atoms with Gasteiger partial charge in [0.05, 0.1) is 19.4 Å². The van der Waals surface area contributed by atoms with Gasteiger partial charge in [0, 0.05) is 17.4 Å². The van der Waals surface area contributed by atoms with Crippen molar-refractivity contribution in [1.82, 2.24) is 4.98 Å². The van der Waals surface area contributed by atoms with Crippen molar-refractivity contribution in [2.75, 3.05) is 19.0 Å². The molecule has 146 valence electrons. The summed E-state index contributed by atoms with van der Waals surface area (Å²) in [5.74, 6) is -0.811. The molecule has 0 saturated carbocycles. The van der Waals surface area contributed by atoms with Gasteiger partial charge < -0.3 is 14.8 Å². The highest BCUT2D eigenvalue weighted by atomic mass is 32.1. The molecule has 0 spiro atoms. The number of ether oxygens (including phenoxy) is 2. The molecule has 0 atom stereocenters. The highest BCUT2D eigenvalue weighted by molar-refractivity contribution is 7.14. The smallest absolute Gasteiger partial charge is 0.226 e. The summed E-state index contributed by atoms with van der Waals surface area (Å²) in [4.78, 5) is 16.3. The first kappa shape index (κ1) is 19.8. The maximum atomic E-state index is 13.8. The number of benzene rings is 2. The number of carbonyl (C=O) groups is 1. The van der Waals surface area contributed by atoms with Crippen LogP contribution in [0, 0.1) is 11.6 Å². The first-order valence-electron chi connectivity index (χ1n) is 8.53. The molecular weight excluding hydrogens is 386 g/mol. The average Bonchev–Trinajstić information content (AvgIpc) is 3.15. The Hall–Kier alpha value is -3.00. The molecule has 3 aromatic rings. The first-order chi connectivity index (χ1) is 13.6. The topological polar surface area (TPSA) is 60.5 Å². The molecule has 0 fully saturated rings. The number of methoxy groups -OCH3 is 1. The molecule has 1 amide bonds. The van der Waals surface area contributed by atoms with Crippen LogP contribution in [0.25, 0.3) is 11.3 Å². The van der Waals surface area contributed by atoms with Gasteiger partial charge in [0.15, 0.2) is 28.3 Å². The molecular formula is C20H18F2N2O3S. The van der Waals surface area contributed by atoms with Gasteiger partial charge in [-0.25, -0.2) is 13.8 Å². The van der Waals surface area contributed by atoms with Gasteiger partial charge >= 0.3 is 0 Å². The van der Waals surface area contributed by atoms with E-state index in [-0.39, 0.29) is 30.4 Å². The standard InChI is InChI=1S/C20H18F2N2O3S/c1-26-17-9-8-13(11-15(17)22)16-12-28-20(23-16)24-19(25)7-4-10-27-18-6-3-2-5-14(18)21/h2-3,5-6,8-9,11-12H,4,7,10H2,1H3,(H,23,24,25). The van der Waals surface area contributed by atoms with Gasteiger partial charge in [-0.15, -0.1) is 11.3 Å². The fourth-order valence-electron chi connectivity index (χ4n) is 2.45. The minimum absolute atomic E-state index is 0.158. The second-order valence-electron chi connectivity index (χ2n) is 5.82. The Bertz CT molecular complexity index is 962. The van der Waals surface area contributed by atoms with E-state index in [1.165, 1.54) is 42.7 Å². The highest BCUT2D eigenvalue weighted by Gasteiger charge is 2.11. The third-order valence-electron chi connectivity index (χ3n) is 3.84. The third-order valence-corrected chi connectivity index (χ3v) is 4.60. The highest BCUT2D eigenvalue weighted by Crippen LogP contribution is 2.28. The number of rotatable bonds is 8. The summed E-state index contributed by atoms with van der Waals surface area (Å²) >= 11 is 1.25. The van der Waals surface area contributed by atoms with Crippen LogP contribution in [0.1, 0.15) is 12.8 Å². The molecule has 0 aliphatic heterocycles. The van der Waals surface area contributed by atoms with Gasteiger partial charge in [-0.3, -0.25) is 4.79 Å². The van der Waals surface area contributed by atoms with E-state index in [0.29, 0.717) is 22.8 Å². The second kappa shape index (κ2) is 9.27. The van der Waals surface area contributed by atoms with Crippen LogP contribution in [-0.4, -0.2) is 24.6 Å². The lowest BCUT2D eigenvalue weighted by molar-refractivity contribution is -0.116. The van der Waals surface area contributed by atoms with Crippen molar-refractivity contribution in [3.63, 3.8) is 0 Å². The number of thiazole rings is 1. The Morgan fingerprint density at radius 1 is 1.14 bits per heavy atom. The molecule has 1 N–H and O–H groups in total. The number of hydrogen-bond donors (Lipinski definition) is 1. The molecule has 5 nitrogen and oxygen atoms in total. The number of anilines is 1. The van der Waals surface area contributed by atoms with Gasteiger partial charge in [-0.1, -0.05) is 12.1 Å². The molecule has 1 aromatic heterocycles. The Morgan fingerprint density at radius 2 is 1.96 bits per heavy atom. The predicted molar refractivity (Wildman–Crippen MR) is 104 cm³/mol. The number of nitrogens with zero attached hydrogens (tertiary/aromatic N) is 1. The van der Waals surface area contributed by atoms with Gasteiger partial charge in [0.25, 0.3) is 0 Å². The lowest BCUT2D eigenvalue weighted by atomic mass is 10.1. The van der Waals surface area contributed by atoms with Crippen LogP contribution in [0.5, 0.6) is 11.5 Å². The maximum Gasteiger partial charge on any atom is 0.226 e. The lowest BCUT2D eigenvalue weighted by Crippen LogP contribution is -2.12. The zero-order chi connectivity index (χ0) is 19.9. The molecule has 8 heteroatoms. The average molecular weight is 404 g/mol. The minimum Gasteiger partial charge on any atom is -0.494 e. The van der Waals surface area contributed by atoms with Crippen LogP contribution in [0.2, 0.25) is 0 Å². The summed E-state index contributed by atoms with van der Waals surface area (Å²) in [5, 5.41) is 4.86. The lowest BCUT2D eigenvalue weighted by Gasteiger charge is -2.06. The van der Waals surface area contributed by atoms with E-state index in [2.05, 4.69) is 10.3 Å². The molecule has 28 heavy (non-hydrogen) atoms. The van der Waals surface area contributed by atoms with E-state index in [1.807, 2.05) is 0 Å². The number of hydrogen-bond acceptors (Lipinski definition) is 5. The maximum absolute atomic E-state index is 13.8. The third kappa shape index (κ3) is 5.04. The summed E-state index contributed by atoms with van der Waals surface area (Å²) in [6.07, 6.45) is 0.641. The van der Waals surface area contributed by atoms with Crippen LogP contribution in [0.15, 0.2) is 47.8 Å². The van der Waals surface area contributed by atoms with Crippen molar-refractivity contribution >= 4 is 22.4 Å². The Kier molecular flexibility index (Phi) is 6.54. The van der Waals surface area contributed by atoms with Gasteiger partial charge in [-0.05, 0) is 36.8 Å². The number of aromatic nitrogens is 1. The number of halogens is 2. The molecule has 0 saturated heterocycles. The number of nitrogens with one attached hydrogen (secondary N) is 1. The summed E-state index contributed by atoms with van der Waals surface area (Å²) in [7, 11) is 1.40. The Labute approximate surface area is 164 Å². The van der Waals surface area contributed by atoms with E-state index >= 15 is 0 Å². The SMILES string of the molecule is COc1ccc(-c2csc(NC(=O)CCCOc3ccccc3F)n2)cc1F. The van der Waals surface area contributed by atoms with Crippen LogP contribution in [-0.2, 0) is 4.79 Å². The zero-order valence-electron chi connectivity index (χ0n) is 15.1. The molecule has 0 unspecified atom stereocenters. The van der Waals surface area contributed by atoms with Gasteiger partial charge in [-0.2, -0.15) is 0 Å². The monoisotopic (exact) mass is 404 g/mol. The van der Waals surface area contributed by atoms with E-state index in [4.69, 9.17) is 9.47 Å². The Balaban J connectivity index is 1.48. The molecule has 0 aliphatic carbocycles. The fourth-order valence-corrected chi connectivity index (χ4v) is 3.18. The normalized spacial score (nSPS) is 10.5. The molecule has 1 heterocycles. The zero-order valence-corrected chi connectivity index (χ0v) is 15.9. The molecule has 3 rings (SSSR count). The van der Waals surface area contributed by atoms with Crippen LogP contribution in [0.4, 0.5) is 13.9 Å². The van der Waals surface area contributed by atoms with Crippen molar-refractivity contribution in [3.05, 3.63) is 59.5 Å². The molecule has 2 aromatic carbocycles. The van der Waals surface area contributed by atoms with Crippen molar-refractivity contribution in [2.45, 2.75) is 12.8 Å². The molecule has 0 radical (unpaired) electrons. The largest absolute Gasteiger partial charge is 0.494 e. The quantitative estimate of drug-likeness (QED) is 0.543. The van der Waals surface area contributed by atoms with Crippen molar-refractivity contribution in [1.29, 1.82) is 0 Å². The minimum atomic E-state index is -0.478. The van der Waals surface area contributed by atoms with Gasteiger partial charge in [0.2, 0.25) is 5.91 Å². The van der Waals surface area contributed by atoms with Crippen LogP contribution in [0.3, 0.4) is 0 Å². The fraction of sp³-hybridized carbons (Fsp3) is 0.200.